The van der Waals surface area contributed by atoms with Crippen molar-refractivity contribution < 1.29 is 55.6 Å². The first-order valence-corrected chi connectivity index (χ1v) is 11.3. The summed E-state index contributed by atoms with van der Waals surface area (Å²) < 4.78 is 10.2. The van der Waals surface area contributed by atoms with E-state index in [-0.39, 0.29) is 28.3 Å². The second-order valence-electron chi connectivity index (χ2n) is 10.1. The van der Waals surface area contributed by atoms with Crippen LogP contribution in [0.4, 0.5) is 0 Å². The smallest absolute Gasteiger partial charge is 0.288 e. The minimum atomic E-state index is -0.598. The first kappa shape index (κ1) is 32.8. The maximum Gasteiger partial charge on any atom is 0.288 e. The Kier molecular flexibility index (Phi) is 13.5. The first-order valence-electron chi connectivity index (χ1n) is 11.3. The molecule has 10 nitrogen and oxygen atoms in total. The van der Waals surface area contributed by atoms with Crippen LogP contribution in [0.2, 0.25) is 0 Å². The SMILES string of the molecule is CC(C)(C)C(=O)/C=C(\O)C(=O)N1CCOCC1.CC(C)(C)C(=O)/C=C(\O)C(=O)N1CCOCC1.[Co]. The van der Waals surface area contributed by atoms with Gasteiger partial charge in [0, 0.05) is 65.9 Å². The van der Waals surface area contributed by atoms with E-state index in [1.807, 2.05) is 0 Å². The number of rotatable bonds is 4. The molecule has 2 fully saturated rings. The molecule has 0 saturated carbocycles. The van der Waals surface area contributed by atoms with Gasteiger partial charge in [-0.25, -0.2) is 0 Å². The van der Waals surface area contributed by atoms with E-state index in [0.29, 0.717) is 52.6 Å². The van der Waals surface area contributed by atoms with Crippen LogP contribution < -0.4 is 0 Å². The number of carbonyl (C=O) groups excluding carboxylic acids is 4. The van der Waals surface area contributed by atoms with E-state index in [1.54, 1.807) is 41.5 Å². The van der Waals surface area contributed by atoms with Gasteiger partial charge in [-0.15, -0.1) is 0 Å². The largest absolute Gasteiger partial charge is 0.503 e. The molecular formula is C24H38CoN2O8. The summed E-state index contributed by atoms with van der Waals surface area (Å²) in [5.74, 6) is -2.54. The average molecular weight is 542 g/mol. The number of carbonyl (C=O) groups is 4. The summed E-state index contributed by atoms with van der Waals surface area (Å²) in [6.07, 6.45) is 2.02. The van der Waals surface area contributed by atoms with Crippen molar-refractivity contribution >= 4 is 23.4 Å². The number of amides is 2. The van der Waals surface area contributed by atoms with Crippen LogP contribution in [0.1, 0.15) is 41.5 Å². The molecule has 2 amide bonds. The van der Waals surface area contributed by atoms with Gasteiger partial charge in [-0.05, 0) is 0 Å². The summed E-state index contributed by atoms with van der Waals surface area (Å²) in [7, 11) is 0. The zero-order valence-electron chi connectivity index (χ0n) is 21.4. The van der Waals surface area contributed by atoms with Crippen molar-refractivity contribution in [2.75, 3.05) is 52.6 Å². The Morgan fingerprint density at radius 3 is 1.11 bits per heavy atom. The second-order valence-corrected chi connectivity index (χ2v) is 10.1. The van der Waals surface area contributed by atoms with E-state index < -0.39 is 34.2 Å². The molecule has 2 heterocycles. The van der Waals surface area contributed by atoms with Gasteiger partial charge in [-0.2, -0.15) is 0 Å². The van der Waals surface area contributed by atoms with E-state index >= 15 is 0 Å². The number of ether oxygens (including phenoxy) is 2. The molecule has 0 aromatic rings. The summed E-state index contributed by atoms with van der Waals surface area (Å²) in [4.78, 5) is 49.7. The molecule has 0 spiro atoms. The predicted molar refractivity (Wildman–Crippen MR) is 125 cm³/mol. The van der Waals surface area contributed by atoms with Crippen molar-refractivity contribution in [2.45, 2.75) is 41.5 Å². The number of aliphatic hydroxyl groups is 2. The zero-order valence-corrected chi connectivity index (χ0v) is 22.4. The van der Waals surface area contributed by atoms with Crippen LogP contribution in [0.15, 0.2) is 23.7 Å². The third kappa shape index (κ3) is 11.4. The van der Waals surface area contributed by atoms with Crippen molar-refractivity contribution in [3.63, 3.8) is 0 Å². The van der Waals surface area contributed by atoms with E-state index in [9.17, 15) is 29.4 Å². The number of morpholine rings is 2. The standard InChI is InChI=1S/2C12H19NO4.Co/c2*1-12(2,3)10(15)8-9(14)11(16)13-4-6-17-7-5-13;/h2*8,14H,4-7H2,1-3H3;/b2*9-8-;. The first-order chi connectivity index (χ1) is 15.6. The number of hydrogen-bond donors (Lipinski definition) is 2. The molecule has 201 valence electrons. The summed E-state index contributed by atoms with van der Waals surface area (Å²) >= 11 is 0. The molecule has 1 radical (unpaired) electrons. The van der Waals surface area contributed by atoms with Crippen LogP contribution in [0.25, 0.3) is 0 Å². The molecule has 2 aliphatic rings. The topological polar surface area (TPSA) is 134 Å². The summed E-state index contributed by atoms with van der Waals surface area (Å²) in [6.45, 7) is 14.0. The molecule has 0 aromatic heterocycles. The Labute approximate surface area is 217 Å². The third-order valence-electron chi connectivity index (χ3n) is 5.05. The number of hydrogen-bond acceptors (Lipinski definition) is 8. The predicted octanol–water partition coefficient (Wildman–Crippen LogP) is 1.80. The van der Waals surface area contributed by atoms with Crippen molar-refractivity contribution in [3.8, 4) is 0 Å². The molecule has 11 heteroatoms. The maximum atomic E-state index is 11.8. The fourth-order valence-corrected chi connectivity index (χ4v) is 2.66. The summed E-state index contributed by atoms with van der Waals surface area (Å²) in [5, 5.41) is 19.2. The van der Waals surface area contributed by atoms with Gasteiger partial charge < -0.3 is 29.5 Å². The minimum absolute atomic E-state index is 0. The Morgan fingerprint density at radius 2 is 0.886 bits per heavy atom. The van der Waals surface area contributed by atoms with Crippen molar-refractivity contribution in [3.05, 3.63) is 23.7 Å². The van der Waals surface area contributed by atoms with E-state index in [0.717, 1.165) is 12.2 Å². The van der Waals surface area contributed by atoms with Crippen molar-refractivity contribution in [1.29, 1.82) is 0 Å². The van der Waals surface area contributed by atoms with E-state index in [1.165, 1.54) is 9.80 Å². The van der Waals surface area contributed by atoms with E-state index in [2.05, 4.69) is 0 Å². The molecule has 2 saturated heterocycles. The monoisotopic (exact) mass is 541 g/mol. The number of allylic oxidation sites excluding steroid dienone is 2. The third-order valence-corrected chi connectivity index (χ3v) is 5.05. The second kappa shape index (κ2) is 14.4. The quantitative estimate of drug-likeness (QED) is 0.407. The normalized spacial score (nSPS) is 17.5. The molecule has 2 aliphatic heterocycles. The van der Waals surface area contributed by atoms with E-state index in [4.69, 9.17) is 9.47 Å². The Balaban J connectivity index is 0.000000642. The van der Waals surface area contributed by atoms with Gasteiger partial charge in [-0.1, -0.05) is 41.5 Å². The van der Waals surface area contributed by atoms with Crippen molar-refractivity contribution in [2.24, 2.45) is 10.8 Å². The molecule has 35 heavy (non-hydrogen) atoms. The average Bonchev–Trinajstić information content (AvgIpc) is 2.78. The van der Waals surface area contributed by atoms with Crippen LogP contribution in [0, 0.1) is 10.8 Å². The van der Waals surface area contributed by atoms with Gasteiger partial charge in [-0.3, -0.25) is 19.2 Å². The number of aliphatic hydroxyl groups excluding tert-OH is 2. The van der Waals surface area contributed by atoms with Gasteiger partial charge in [0.2, 0.25) is 0 Å². The summed E-state index contributed by atoms with van der Waals surface area (Å²) in [6, 6.07) is 0. The molecule has 2 rings (SSSR count). The molecule has 0 bridgehead atoms. The van der Waals surface area contributed by atoms with Gasteiger partial charge in [0.1, 0.15) is 0 Å². The van der Waals surface area contributed by atoms with Crippen LogP contribution in [0.5, 0.6) is 0 Å². The van der Waals surface area contributed by atoms with Gasteiger partial charge in [0.05, 0.1) is 26.4 Å². The van der Waals surface area contributed by atoms with Gasteiger partial charge >= 0.3 is 0 Å². The Bertz CT molecular complexity index is 744. The van der Waals surface area contributed by atoms with Crippen LogP contribution in [-0.2, 0) is 45.4 Å². The van der Waals surface area contributed by atoms with Gasteiger partial charge in [0.25, 0.3) is 11.8 Å². The minimum Gasteiger partial charge on any atom is -0.503 e. The number of ketones is 2. The molecular weight excluding hydrogens is 503 g/mol. The zero-order chi connectivity index (χ0) is 26.1. The fraction of sp³-hybridized carbons (Fsp3) is 0.667. The fourth-order valence-electron chi connectivity index (χ4n) is 2.66. The molecule has 0 atom stereocenters. The Hall–Kier alpha value is -2.21. The van der Waals surface area contributed by atoms with Crippen LogP contribution >= 0.6 is 0 Å². The van der Waals surface area contributed by atoms with Crippen LogP contribution in [-0.4, -0.2) is 96.0 Å². The molecule has 0 unspecified atom stereocenters. The maximum absolute atomic E-state index is 11.8. The molecule has 0 aliphatic carbocycles. The Morgan fingerprint density at radius 1 is 0.629 bits per heavy atom. The number of nitrogens with zero attached hydrogens (tertiary/aromatic N) is 2. The molecule has 2 N–H and O–H groups in total. The molecule has 0 aromatic carbocycles. The summed E-state index contributed by atoms with van der Waals surface area (Å²) in [5.41, 5.74) is -1.20. The van der Waals surface area contributed by atoms with Gasteiger partial charge in [0.15, 0.2) is 23.1 Å². The van der Waals surface area contributed by atoms with Crippen molar-refractivity contribution in [1.82, 2.24) is 9.80 Å². The van der Waals surface area contributed by atoms with Crippen LogP contribution in [0.3, 0.4) is 0 Å².